The predicted molar refractivity (Wildman–Crippen MR) is 55.2 cm³/mol. The van der Waals surface area contributed by atoms with Crippen molar-refractivity contribution in [3.05, 3.63) is 0 Å². The summed E-state index contributed by atoms with van der Waals surface area (Å²) in [5.74, 6) is 1.07. The zero-order valence-corrected chi connectivity index (χ0v) is 9.33. The van der Waals surface area contributed by atoms with E-state index in [-0.39, 0.29) is 6.04 Å². The van der Waals surface area contributed by atoms with Gasteiger partial charge in [-0.15, -0.1) is 0 Å². The normalized spacial score (nSPS) is 39.7. The van der Waals surface area contributed by atoms with E-state index in [9.17, 15) is 8.42 Å². The van der Waals surface area contributed by atoms with E-state index in [1.165, 1.54) is 6.26 Å². The molecule has 5 heteroatoms. The molecule has 0 amide bonds. The van der Waals surface area contributed by atoms with Gasteiger partial charge in [0.2, 0.25) is 10.0 Å². The van der Waals surface area contributed by atoms with Crippen molar-refractivity contribution in [2.24, 2.45) is 17.6 Å². The van der Waals surface area contributed by atoms with Crippen LogP contribution in [0.4, 0.5) is 0 Å². The Bertz CT molecular complexity index is 315. The van der Waals surface area contributed by atoms with Gasteiger partial charge in [-0.1, -0.05) is 0 Å². The van der Waals surface area contributed by atoms with E-state index in [4.69, 9.17) is 5.73 Å². The van der Waals surface area contributed by atoms with Crippen LogP contribution >= 0.6 is 0 Å². The number of fused-ring (bicyclic) bond motifs is 1. The first-order valence-electron chi connectivity index (χ1n) is 5.17. The molecule has 3 unspecified atom stereocenters. The summed E-state index contributed by atoms with van der Waals surface area (Å²) in [5, 5.41) is 0. The van der Waals surface area contributed by atoms with Crippen molar-refractivity contribution in [1.82, 2.24) is 4.31 Å². The maximum atomic E-state index is 11.4. The lowest BCUT2D eigenvalue weighted by Gasteiger charge is -2.28. The van der Waals surface area contributed by atoms with E-state index in [0.717, 1.165) is 25.8 Å². The van der Waals surface area contributed by atoms with Crippen molar-refractivity contribution in [1.29, 1.82) is 0 Å². The fourth-order valence-electron chi connectivity index (χ4n) is 2.70. The van der Waals surface area contributed by atoms with Crippen molar-refractivity contribution in [2.75, 3.05) is 19.3 Å². The number of hydrogen-bond acceptors (Lipinski definition) is 3. The van der Waals surface area contributed by atoms with Gasteiger partial charge >= 0.3 is 0 Å². The second-order valence-corrected chi connectivity index (χ2v) is 6.66. The van der Waals surface area contributed by atoms with Gasteiger partial charge in [0.15, 0.2) is 0 Å². The van der Waals surface area contributed by atoms with Crippen molar-refractivity contribution < 1.29 is 8.42 Å². The molecule has 0 spiro atoms. The number of rotatable bonds is 1. The molecule has 2 rings (SSSR count). The van der Waals surface area contributed by atoms with Crippen molar-refractivity contribution in [2.45, 2.75) is 25.3 Å². The maximum absolute atomic E-state index is 11.4. The molecule has 1 aliphatic heterocycles. The van der Waals surface area contributed by atoms with Gasteiger partial charge in [-0.3, -0.25) is 0 Å². The Morgan fingerprint density at radius 1 is 1.21 bits per heavy atom. The van der Waals surface area contributed by atoms with Crippen molar-refractivity contribution in [3.63, 3.8) is 0 Å². The highest BCUT2D eigenvalue weighted by Gasteiger charge is 2.39. The Labute approximate surface area is 85.5 Å². The molecule has 3 atom stereocenters. The fourth-order valence-corrected chi connectivity index (χ4v) is 3.62. The van der Waals surface area contributed by atoms with E-state index in [2.05, 4.69) is 0 Å². The van der Waals surface area contributed by atoms with Gasteiger partial charge < -0.3 is 5.73 Å². The first-order chi connectivity index (χ1) is 6.47. The highest BCUT2D eigenvalue weighted by atomic mass is 32.2. The average Bonchev–Trinajstić information content (AvgIpc) is 2.45. The lowest BCUT2D eigenvalue weighted by atomic mass is 9.79. The average molecular weight is 218 g/mol. The van der Waals surface area contributed by atoms with Crippen LogP contribution in [0.2, 0.25) is 0 Å². The van der Waals surface area contributed by atoms with Crippen LogP contribution < -0.4 is 5.73 Å². The summed E-state index contributed by atoms with van der Waals surface area (Å²) in [6.45, 7) is 1.41. The lowest BCUT2D eigenvalue weighted by Crippen LogP contribution is -2.32. The van der Waals surface area contributed by atoms with Gasteiger partial charge in [0, 0.05) is 19.1 Å². The molecule has 82 valence electrons. The molecular formula is C9H18N2O2S. The van der Waals surface area contributed by atoms with Crippen LogP contribution in [-0.2, 0) is 10.0 Å². The molecule has 1 aliphatic carbocycles. The summed E-state index contributed by atoms with van der Waals surface area (Å²) in [5.41, 5.74) is 5.88. The SMILES string of the molecule is CS(=O)(=O)N1CC2CCC(N)CC2C1. The number of sulfonamides is 1. The molecule has 1 saturated heterocycles. The number of nitrogens with zero attached hydrogens (tertiary/aromatic N) is 1. The minimum absolute atomic E-state index is 0.288. The summed E-state index contributed by atoms with van der Waals surface area (Å²) in [7, 11) is -2.99. The topological polar surface area (TPSA) is 63.4 Å². The zero-order valence-electron chi connectivity index (χ0n) is 8.52. The monoisotopic (exact) mass is 218 g/mol. The molecule has 14 heavy (non-hydrogen) atoms. The highest BCUT2D eigenvalue weighted by molar-refractivity contribution is 7.88. The van der Waals surface area contributed by atoms with Crippen LogP contribution in [0.15, 0.2) is 0 Å². The van der Waals surface area contributed by atoms with E-state index in [1.807, 2.05) is 0 Å². The van der Waals surface area contributed by atoms with Crippen LogP contribution in [0.25, 0.3) is 0 Å². The Hall–Kier alpha value is -0.130. The van der Waals surface area contributed by atoms with Crippen LogP contribution in [0.1, 0.15) is 19.3 Å². The molecular weight excluding hydrogens is 200 g/mol. The third kappa shape index (κ3) is 1.94. The summed E-state index contributed by atoms with van der Waals surface area (Å²) in [4.78, 5) is 0. The van der Waals surface area contributed by atoms with E-state index < -0.39 is 10.0 Å². The molecule has 0 radical (unpaired) electrons. The van der Waals surface area contributed by atoms with Crippen LogP contribution in [-0.4, -0.2) is 38.1 Å². The summed E-state index contributed by atoms with van der Waals surface area (Å²) < 4.78 is 24.3. The molecule has 2 fully saturated rings. The molecule has 0 aromatic carbocycles. The predicted octanol–water partition coefficient (Wildman–Crippen LogP) is 0.00520. The molecule has 0 aromatic heterocycles. The summed E-state index contributed by atoms with van der Waals surface area (Å²) in [6.07, 6.45) is 4.44. The first kappa shape index (κ1) is 10.4. The Morgan fingerprint density at radius 3 is 2.50 bits per heavy atom. The molecule has 2 aliphatic rings. The minimum atomic E-state index is -2.99. The third-order valence-corrected chi connectivity index (χ3v) is 4.76. The minimum Gasteiger partial charge on any atom is -0.328 e. The number of hydrogen-bond donors (Lipinski definition) is 1. The summed E-state index contributed by atoms with van der Waals surface area (Å²) >= 11 is 0. The van der Waals surface area contributed by atoms with Crippen molar-refractivity contribution in [3.8, 4) is 0 Å². The lowest BCUT2D eigenvalue weighted by molar-refractivity contribution is 0.271. The van der Waals surface area contributed by atoms with Gasteiger partial charge in [-0.25, -0.2) is 12.7 Å². The van der Waals surface area contributed by atoms with Gasteiger partial charge in [0.05, 0.1) is 6.26 Å². The van der Waals surface area contributed by atoms with E-state index >= 15 is 0 Å². The molecule has 0 bridgehead atoms. The van der Waals surface area contributed by atoms with E-state index in [1.54, 1.807) is 4.31 Å². The quantitative estimate of drug-likeness (QED) is 0.674. The first-order valence-corrected chi connectivity index (χ1v) is 7.02. The zero-order chi connectivity index (χ0) is 10.3. The molecule has 1 heterocycles. The third-order valence-electron chi connectivity index (χ3n) is 3.53. The molecule has 0 aromatic rings. The Morgan fingerprint density at radius 2 is 1.86 bits per heavy atom. The maximum Gasteiger partial charge on any atom is 0.211 e. The van der Waals surface area contributed by atoms with E-state index in [0.29, 0.717) is 18.4 Å². The number of nitrogens with two attached hydrogens (primary N) is 1. The molecule has 1 saturated carbocycles. The second-order valence-electron chi connectivity index (χ2n) is 4.67. The van der Waals surface area contributed by atoms with Crippen LogP contribution in [0.3, 0.4) is 0 Å². The smallest absolute Gasteiger partial charge is 0.211 e. The Balaban J connectivity index is 2.06. The molecule has 4 nitrogen and oxygen atoms in total. The second kappa shape index (κ2) is 3.47. The largest absolute Gasteiger partial charge is 0.328 e. The van der Waals surface area contributed by atoms with Gasteiger partial charge in [-0.2, -0.15) is 0 Å². The molecule has 2 N–H and O–H groups in total. The highest BCUT2D eigenvalue weighted by Crippen LogP contribution is 2.36. The Kier molecular flexibility index (Phi) is 2.57. The standard InChI is InChI=1S/C9H18N2O2S/c1-14(12,13)11-5-7-2-3-9(10)4-8(7)6-11/h7-9H,2-6,10H2,1H3. The van der Waals surface area contributed by atoms with Gasteiger partial charge in [-0.05, 0) is 31.1 Å². The van der Waals surface area contributed by atoms with Gasteiger partial charge in [0.1, 0.15) is 0 Å². The van der Waals surface area contributed by atoms with Crippen LogP contribution in [0, 0.1) is 11.8 Å². The van der Waals surface area contributed by atoms with Crippen molar-refractivity contribution >= 4 is 10.0 Å². The van der Waals surface area contributed by atoms with Gasteiger partial charge in [0.25, 0.3) is 0 Å². The fraction of sp³-hybridized carbons (Fsp3) is 1.00. The summed E-state index contributed by atoms with van der Waals surface area (Å²) in [6, 6.07) is 0.288. The van der Waals surface area contributed by atoms with Crippen LogP contribution in [0.5, 0.6) is 0 Å².